The van der Waals surface area contributed by atoms with Crippen molar-refractivity contribution in [2.24, 2.45) is 5.92 Å². The Kier molecular flexibility index (Phi) is 8.98. The van der Waals surface area contributed by atoms with Gasteiger partial charge < -0.3 is 10.1 Å². The molecule has 0 spiro atoms. The van der Waals surface area contributed by atoms with Crippen LogP contribution >= 0.6 is 11.6 Å². The number of nitrogens with one attached hydrogen (secondary N) is 1. The second kappa shape index (κ2) is 12.6. The summed E-state index contributed by atoms with van der Waals surface area (Å²) in [7, 11) is 0. The van der Waals surface area contributed by atoms with Crippen LogP contribution in [0.2, 0.25) is 5.02 Å². The van der Waals surface area contributed by atoms with E-state index in [2.05, 4.69) is 11.4 Å². The zero-order valence-electron chi connectivity index (χ0n) is 20.9. The molecule has 1 saturated carbocycles. The molecule has 3 aromatic carbocycles. The lowest BCUT2D eigenvalue weighted by Gasteiger charge is -2.29. The third kappa shape index (κ3) is 7.21. The van der Waals surface area contributed by atoms with Crippen molar-refractivity contribution in [3.8, 4) is 6.07 Å². The second-order valence-corrected chi connectivity index (χ2v) is 10.2. The summed E-state index contributed by atoms with van der Waals surface area (Å²) in [5, 5.41) is 13.2. The molecule has 1 fully saturated rings. The zero-order chi connectivity index (χ0) is 26.2. The van der Waals surface area contributed by atoms with E-state index in [9.17, 15) is 14.9 Å². The van der Waals surface area contributed by atoms with Crippen LogP contribution in [0, 0.1) is 17.2 Å². The van der Waals surface area contributed by atoms with Gasteiger partial charge in [0, 0.05) is 23.4 Å². The van der Waals surface area contributed by atoms with Crippen LogP contribution < -0.4 is 5.32 Å². The highest BCUT2D eigenvalue weighted by atomic mass is 35.5. The maximum absolute atomic E-state index is 13.5. The topological polar surface area (TPSA) is 79.2 Å². The summed E-state index contributed by atoms with van der Waals surface area (Å²) in [5.41, 5.74) is 3.51. The largest absolute Gasteiger partial charge is 0.452 e. The Labute approximate surface area is 223 Å². The minimum absolute atomic E-state index is 0.113. The molecule has 1 N–H and O–H groups in total. The van der Waals surface area contributed by atoms with Crippen molar-refractivity contribution in [1.29, 1.82) is 5.26 Å². The van der Waals surface area contributed by atoms with E-state index in [4.69, 9.17) is 16.3 Å². The Morgan fingerprint density at radius 2 is 1.70 bits per heavy atom. The molecule has 0 heterocycles. The lowest BCUT2D eigenvalue weighted by molar-refractivity contribution is -0.162. The third-order valence-electron chi connectivity index (χ3n) is 7.04. The lowest BCUT2D eigenvalue weighted by Crippen LogP contribution is -2.46. The van der Waals surface area contributed by atoms with Crippen molar-refractivity contribution >= 4 is 23.5 Å². The van der Waals surface area contributed by atoms with Gasteiger partial charge in [-0.2, -0.15) is 5.26 Å². The number of ether oxygens (including phenoxy) is 1. The zero-order valence-corrected chi connectivity index (χ0v) is 21.7. The molecule has 0 radical (unpaired) electrons. The second-order valence-electron chi connectivity index (χ2n) is 9.71. The first kappa shape index (κ1) is 26.4. The van der Waals surface area contributed by atoms with Gasteiger partial charge in [-0.05, 0) is 67.1 Å². The van der Waals surface area contributed by atoms with E-state index in [1.54, 1.807) is 6.07 Å². The van der Waals surface area contributed by atoms with Crippen LogP contribution in [0.5, 0.6) is 0 Å². The molecule has 1 aliphatic rings. The van der Waals surface area contributed by atoms with Crippen LogP contribution in [0.4, 0.5) is 0 Å². The fourth-order valence-corrected chi connectivity index (χ4v) is 4.74. The highest BCUT2D eigenvalue weighted by molar-refractivity contribution is 6.30. The number of rotatable bonds is 10. The van der Waals surface area contributed by atoms with Crippen LogP contribution in [0.1, 0.15) is 54.4 Å². The molecule has 1 amide bonds. The Bertz CT molecular complexity index is 1250. The SMILES string of the molecule is C[C@H](NC(=O)[C@@H](Cc1ccccc1)OC(=O)C1CCC1)[C@@H](Cc1ccc(Cl)cc1)c1cccc(C#N)c1. The van der Waals surface area contributed by atoms with Crippen molar-refractivity contribution in [2.75, 3.05) is 0 Å². The average molecular weight is 515 g/mol. The molecule has 4 rings (SSSR count). The standard InChI is InChI=1S/C31H31ClN2O3/c1-21(28(18-23-13-15-27(32)16-14-23)26-12-5-9-24(17-26)20-33)34-30(35)29(19-22-7-3-2-4-8-22)37-31(36)25-10-6-11-25/h2-5,7-9,12-17,21,25,28-29H,6,10-11,18-19H2,1H3,(H,34,35)/t21-,28+,29+/m0/s1. The van der Waals surface area contributed by atoms with Crippen molar-refractivity contribution in [1.82, 2.24) is 5.32 Å². The molecule has 3 aromatic rings. The Morgan fingerprint density at radius 3 is 2.35 bits per heavy atom. The minimum atomic E-state index is -0.917. The minimum Gasteiger partial charge on any atom is -0.452 e. The molecule has 0 unspecified atom stereocenters. The van der Waals surface area contributed by atoms with Crippen molar-refractivity contribution in [3.05, 3.63) is 106 Å². The van der Waals surface area contributed by atoms with Crippen molar-refractivity contribution in [3.63, 3.8) is 0 Å². The fourth-order valence-electron chi connectivity index (χ4n) is 4.61. The van der Waals surface area contributed by atoms with Crippen LogP contribution in [-0.4, -0.2) is 24.0 Å². The first-order valence-electron chi connectivity index (χ1n) is 12.7. The third-order valence-corrected chi connectivity index (χ3v) is 7.29. The molecule has 0 saturated heterocycles. The molecule has 37 heavy (non-hydrogen) atoms. The summed E-state index contributed by atoms with van der Waals surface area (Å²) in [4.78, 5) is 26.2. The molecule has 6 heteroatoms. The lowest BCUT2D eigenvalue weighted by atomic mass is 9.85. The van der Waals surface area contributed by atoms with E-state index < -0.39 is 6.10 Å². The number of hydrogen-bond donors (Lipinski definition) is 1. The number of carbonyl (C=O) groups excluding carboxylic acids is 2. The predicted octanol–water partition coefficient (Wildman–Crippen LogP) is 6.00. The number of nitrogens with zero attached hydrogens (tertiary/aromatic N) is 1. The first-order chi connectivity index (χ1) is 17.9. The van der Waals surface area contributed by atoms with E-state index in [0.717, 1.165) is 36.0 Å². The summed E-state index contributed by atoms with van der Waals surface area (Å²) in [6.45, 7) is 1.95. The number of halogens is 1. The highest BCUT2D eigenvalue weighted by Gasteiger charge is 2.33. The maximum Gasteiger partial charge on any atom is 0.309 e. The Morgan fingerprint density at radius 1 is 1.00 bits per heavy atom. The predicted molar refractivity (Wildman–Crippen MR) is 144 cm³/mol. The number of esters is 1. The van der Waals surface area contributed by atoms with Crippen LogP contribution in [0.15, 0.2) is 78.9 Å². The van der Waals surface area contributed by atoms with Crippen molar-refractivity contribution in [2.45, 2.75) is 57.1 Å². The maximum atomic E-state index is 13.5. The molecular formula is C31H31ClN2O3. The van der Waals surface area contributed by atoms with E-state index in [0.29, 0.717) is 23.4 Å². The molecule has 3 atom stereocenters. The molecule has 1 aliphatic carbocycles. The summed E-state index contributed by atoms with van der Waals surface area (Å²) in [6, 6.07) is 26.6. The number of hydrogen-bond acceptors (Lipinski definition) is 4. The first-order valence-corrected chi connectivity index (χ1v) is 13.1. The molecule has 0 bridgehead atoms. The van der Waals surface area contributed by atoms with Gasteiger partial charge in [0.05, 0.1) is 17.6 Å². The van der Waals surface area contributed by atoms with E-state index in [1.165, 1.54) is 0 Å². The summed E-state index contributed by atoms with van der Waals surface area (Å²) in [6.07, 6.45) is 2.67. The summed E-state index contributed by atoms with van der Waals surface area (Å²) < 4.78 is 5.77. The number of carbonyl (C=O) groups is 2. The van der Waals surface area contributed by atoms with Gasteiger partial charge in [0.2, 0.25) is 0 Å². The Hall–Kier alpha value is -3.62. The molecule has 190 valence electrons. The summed E-state index contributed by atoms with van der Waals surface area (Å²) >= 11 is 6.08. The van der Waals surface area contributed by atoms with Crippen molar-refractivity contribution < 1.29 is 14.3 Å². The highest BCUT2D eigenvalue weighted by Crippen LogP contribution is 2.29. The fraction of sp³-hybridized carbons (Fsp3) is 0.323. The number of benzene rings is 3. The van der Waals surface area contributed by atoms with Crippen LogP contribution in [0.25, 0.3) is 0 Å². The van der Waals surface area contributed by atoms with Crippen LogP contribution in [-0.2, 0) is 27.2 Å². The van der Waals surface area contributed by atoms with Gasteiger partial charge in [0.25, 0.3) is 5.91 Å². The molecule has 0 aliphatic heterocycles. The molecular weight excluding hydrogens is 484 g/mol. The van der Waals surface area contributed by atoms with E-state index in [-0.39, 0.29) is 29.8 Å². The summed E-state index contributed by atoms with van der Waals surface area (Å²) in [5.74, 6) is -0.844. The normalized spacial score (nSPS) is 15.5. The van der Waals surface area contributed by atoms with Gasteiger partial charge in [-0.3, -0.25) is 9.59 Å². The monoisotopic (exact) mass is 514 g/mol. The van der Waals surface area contributed by atoms with Gasteiger partial charge >= 0.3 is 5.97 Å². The molecule has 5 nitrogen and oxygen atoms in total. The average Bonchev–Trinajstić information content (AvgIpc) is 2.87. The van der Waals surface area contributed by atoms with Gasteiger partial charge in [-0.15, -0.1) is 0 Å². The van der Waals surface area contributed by atoms with E-state index in [1.807, 2.05) is 79.7 Å². The smallest absolute Gasteiger partial charge is 0.309 e. The van der Waals surface area contributed by atoms with Gasteiger partial charge in [-0.25, -0.2) is 0 Å². The van der Waals surface area contributed by atoms with E-state index >= 15 is 0 Å². The quantitative estimate of drug-likeness (QED) is 0.337. The van der Waals surface area contributed by atoms with Gasteiger partial charge in [0.15, 0.2) is 6.10 Å². The number of amides is 1. The number of nitriles is 1. The Balaban J connectivity index is 1.55. The molecule has 0 aromatic heterocycles. The van der Waals surface area contributed by atoms with Crippen LogP contribution in [0.3, 0.4) is 0 Å². The van der Waals surface area contributed by atoms with Gasteiger partial charge in [0.1, 0.15) is 0 Å². The van der Waals surface area contributed by atoms with Gasteiger partial charge in [-0.1, -0.05) is 72.6 Å².